The summed E-state index contributed by atoms with van der Waals surface area (Å²) >= 11 is 0. The highest BCUT2D eigenvalue weighted by molar-refractivity contribution is 5.37. The van der Waals surface area contributed by atoms with Crippen LogP contribution in [0.4, 0.5) is 0 Å². The third-order valence-corrected chi connectivity index (χ3v) is 8.64. The predicted octanol–water partition coefficient (Wildman–Crippen LogP) is 4.37. The highest BCUT2D eigenvalue weighted by Gasteiger charge is 2.38. The number of hydrogen-bond acceptors (Lipinski definition) is 5. The number of fused-ring (bicyclic) bond motifs is 1. The average molecular weight is 466 g/mol. The molecule has 0 amide bonds. The van der Waals surface area contributed by atoms with Gasteiger partial charge in [-0.3, -0.25) is 4.90 Å². The second kappa shape index (κ2) is 10.3. The van der Waals surface area contributed by atoms with Crippen molar-refractivity contribution in [2.75, 3.05) is 33.2 Å². The fourth-order valence-electron chi connectivity index (χ4n) is 5.84. The molecule has 4 atom stereocenters. The standard InChI is InChI=1S/C29H43N3O2/c1-20(2)28(30-16-25-13-22-9-10-27(34)14-23(22)18-31(25)5)19-32-12-11-29(4,21(3)17-32)24-7-6-8-26(33)15-24/h6-10,14-15,20-21,25,28,30,33-34H,11-13,16-19H2,1-5H3/t21-,25+,28+,29+/m0/s1. The van der Waals surface area contributed by atoms with E-state index in [-0.39, 0.29) is 5.41 Å². The molecule has 2 aromatic rings. The molecule has 34 heavy (non-hydrogen) atoms. The molecule has 0 unspecified atom stereocenters. The van der Waals surface area contributed by atoms with E-state index in [2.05, 4.69) is 62.0 Å². The summed E-state index contributed by atoms with van der Waals surface area (Å²) in [6.07, 6.45) is 2.13. The minimum Gasteiger partial charge on any atom is -0.508 e. The number of likely N-dealkylation sites (tertiary alicyclic amines) is 1. The summed E-state index contributed by atoms with van der Waals surface area (Å²) in [5.41, 5.74) is 3.96. The summed E-state index contributed by atoms with van der Waals surface area (Å²) in [5.74, 6) is 1.81. The number of rotatable bonds is 7. The van der Waals surface area contributed by atoms with Crippen LogP contribution in [0.25, 0.3) is 0 Å². The Kier molecular flexibility index (Phi) is 7.56. The highest BCUT2D eigenvalue weighted by Crippen LogP contribution is 2.40. The third-order valence-electron chi connectivity index (χ3n) is 8.64. The lowest BCUT2D eigenvalue weighted by Crippen LogP contribution is -2.54. The summed E-state index contributed by atoms with van der Waals surface area (Å²) in [6.45, 7) is 14.5. The first-order valence-corrected chi connectivity index (χ1v) is 12.9. The van der Waals surface area contributed by atoms with Gasteiger partial charge in [-0.05, 0) is 84.6 Å². The highest BCUT2D eigenvalue weighted by atomic mass is 16.3. The van der Waals surface area contributed by atoms with Gasteiger partial charge >= 0.3 is 0 Å². The Labute approximate surface area is 205 Å². The van der Waals surface area contributed by atoms with E-state index in [1.54, 1.807) is 6.07 Å². The largest absolute Gasteiger partial charge is 0.508 e. The van der Waals surface area contributed by atoms with Crippen molar-refractivity contribution in [3.05, 3.63) is 59.2 Å². The van der Waals surface area contributed by atoms with Crippen LogP contribution in [-0.4, -0.2) is 65.3 Å². The summed E-state index contributed by atoms with van der Waals surface area (Å²) in [6, 6.07) is 14.6. The zero-order chi connectivity index (χ0) is 24.5. The van der Waals surface area contributed by atoms with Crippen LogP contribution in [0.5, 0.6) is 11.5 Å². The summed E-state index contributed by atoms with van der Waals surface area (Å²) < 4.78 is 0. The van der Waals surface area contributed by atoms with Gasteiger partial charge in [-0.15, -0.1) is 0 Å². The molecule has 2 aromatic carbocycles. The molecule has 1 fully saturated rings. The van der Waals surface area contributed by atoms with Gasteiger partial charge in [-0.2, -0.15) is 0 Å². The maximum atomic E-state index is 9.99. The molecule has 0 spiro atoms. The lowest BCUT2D eigenvalue weighted by molar-refractivity contribution is 0.0933. The van der Waals surface area contributed by atoms with Gasteiger partial charge < -0.3 is 20.4 Å². The zero-order valence-corrected chi connectivity index (χ0v) is 21.6. The van der Waals surface area contributed by atoms with Crippen molar-refractivity contribution < 1.29 is 10.2 Å². The number of phenolic OH excluding ortho intramolecular Hbond substituents is 2. The van der Waals surface area contributed by atoms with E-state index in [9.17, 15) is 10.2 Å². The Balaban J connectivity index is 1.35. The molecular weight excluding hydrogens is 422 g/mol. The minimum atomic E-state index is 0.0998. The quantitative estimate of drug-likeness (QED) is 0.567. The van der Waals surface area contributed by atoms with Gasteiger partial charge in [0, 0.05) is 38.3 Å². The van der Waals surface area contributed by atoms with Crippen LogP contribution in [0.1, 0.15) is 50.8 Å². The second-order valence-electron chi connectivity index (χ2n) is 11.4. The lowest BCUT2D eigenvalue weighted by atomic mass is 9.68. The number of aromatic hydroxyl groups is 2. The third kappa shape index (κ3) is 5.42. The summed E-state index contributed by atoms with van der Waals surface area (Å²) in [4.78, 5) is 5.05. The van der Waals surface area contributed by atoms with Crippen molar-refractivity contribution in [3.8, 4) is 11.5 Å². The van der Waals surface area contributed by atoms with Gasteiger partial charge in [0.05, 0.1) is 0 Å². The number of phenols is 2. The van der Waals surface area contributed by atoms with E-state index in [0.29, 0.717) is 35.4 Å². The first-order chi connectivity index (χ1) is 16.2. The van der Waals surface area contributed by atoms with Crippen molar-refractivity contribution in [1.29, 1.82) is 0 Å². The first-order valence-electron chi connectivity index (χ1n) is 12.9. The molecule has 5 nitrogen and oxygen atoms in total. The normalized spacial score (nSPS) is 27.0. The molecule has 0 bridgehead atoms. The van der Waals surface area contributed by atoms with E-state index in [4.69, 9.17) is 0 Å². The van der Waals surface area contributed by atoms with Crippen molar-refractivity contribution in [2.24, 2.45) is 11.8 Å². The van der Waals surface area contributed by atoms with Crippen LogP contribution < -0.4 is 5.32 Å². The molecule has 2 heterocycles. The van der Waals surface area contributed by atoms with Gasteiger partial charge in [0.2, 0.25) is 0 Å². The Morgan fingerprint density at radius 1 is 1.09 bits per heavy atom. The van der Waals surface area contributed by atoms with Gasteiger partial charge in [0.15, 0.2) is 0 Å². The van der Waals surface area contributed by atoms with E-state index >= 15 is 0 Å². The molecule has 0 saturated carbocycles. The number of benzene rings is 2. The zero-order valence-electron chi connectivity index (χ0n) is 21.6. The van der Waals surface area contributed by atoms with Crippen LogP contribution in [0.2, 0.25) is 0 Å². The first kappa shape index (κ1) is 25.0. The van der Waals surface area contributed by atoms with Gasteiger partial charge in [0.1, 0.15) is 11.5 Å². The topological polar surface area (TPSA) is 59.0 Å². The van der Waals surface area contributed by atoms with Crippen LogP contribution >= 0.6 is 0 Å². The van der Waals surface area contributed by atoms with Crippen LogP contribution in [-0.2, 0) is 18.4 Å². The maximum absolute atomic E-state index is 9.99. The number of hydrogen-bond donors (Lipinski definition) is 3. The Morgan fingerprint density at radius 2 is 1.85 bits per heavy atom. The summed E-state index contributed by atoms with van der Waals surface area (Å²) in [7, 11) is 2.19. The SMILES string of the molecule is CC(C)[C@@H](CN1CC[C@@](C)(c2cccc(O)c2)[C@@H](C)C1)NC[C@H]1Cc2ccc(O)cc2CN1C. The monoisotopic (exact) mass is 465 g/mol. The van der Waals surface area contributed by atoms with Gasteiger partial charge in [-0.1, -0.05) is 45.9 Å². The summed E-state index contributed by atoms with van der Waals surface area (Å²) in [5, 5.41) is 23.7. The molecule has 186 valence electrons. The molecular formula is C29H43N3O2. The molecule has 2 aliphatic heterocycles. The minimum absolute atomic E-state index is 0.0998. The van der Waals surface area contributed by atoms with Crippen LogP contribution in [0.3, 0.4) is 0 Å². The average Bonchev–Trinajstić information content (AvgIpc) is 2.79. The molecule has 2 aliphatic rings. The number of nitrogens with zero attached hydrogens (tertiary/aromatic N) is 2. The lowest BCUT2D eigenvalue weighted by Gasteiger charge is -2.46. The molecule has 4 rings (SSSR count). The Bertz CT molecular complexity index is 978. The van der Waals surface area contributed by atoms with Gasteiger partial charge in [-0.25, -0.2) is 0 Å². The van der Waals surface area contributed by atoms with Crippen molar-refractivity contribution >= 4 is 0 Å². The second-order valence-corrected chi connectivity index (χ2v) is 11.4. The molecule has 3 N–H and O–H groups in total. The maximum Gasteiger partial charge on any atom is 0.115 e. The van der Waals surface area contributed by atoms with Crippen molar-refractivity contribution in [3.63, 3.8) is 0 Å². The fourth-order valence-corrected chi connectivity index (χ4v) is 5.84. The molecule has 0 aromatic heterocycles. The predicted molar refractivity (Wildman–Crippen MR) is 139 cm³/mol. The van der Waals surface area contributed by atoms with Crippen LogP contribution in [0.15, 0.2) is 42.5 Å². The van der Waals surface area contributed by atoms with Crippen molar-refractivity contribution in [2.45, 2.75) is 64.6 Å². The Hall–Kier alpha value is -2.08. The van der Waals surface area contributed by atoms with E-state index < -0.39 is 0 Å². The molecule has 1 saturated heterocycles. The fraction of sp³-hybridized carbons (Fsp3) is 0.586. The molecule has 0 radical (unpaired) electrons. The Morgan fingerprint density at radius 3 is 2.56 bits per heavy atom. The molecule has 0 aliphatic carbocycles. The van der Waals surface area contributed by atoms with E-state index in [1.165, 1.54) is 16.7 Å². The van der Waals surface area contributed by atoms with E-state index in [0.717, 1.165) is 45.6 Å². The van der Waals surface area contributed by atoms with Crippen molar-refractivity contribution in [1.82, 2.24) is 15.1 Å². The smallest absolute Gasteiger partial charge is 0.115 e. The number of nitrogens with one attached hydrogen (secondary N) is 1. The van der Waals surface area contributed by atoms with E-state index in [1.807, 2.05) is 24.3 Å². The van der Waals surface area contributed by atoms with Gasteiger partial charge in [0.25, 0.3) is 0 Å². The van der Waals surface area contributed by atoms with Crippen LogP contribution in [0, 0.1) is 11.8 Å². The number of likely N-dealkylation sites (N-methyl/N-ethyl adjacent to an activating group) is 1. The number of piperidine rings is 1. The molecule has 5 heteroatoms.